The molecule has 0 saturated heterocycles. The Morgan fingerprint density at radius 3 is 2.39 bits per heavy atom. The molecule has 0 radical (unpaired) electrons. The number of unbranched alkanes of at least 4 members (excludes halogenated alkanes) is 1. The van der Waals surface area contributed by atoms with E-state index in [1.54, 1.807) is 0 Å². The Morgan fingerprint density at radius 1 is 1.33 bits per heavy atom. The second-order valence-electron chi connectivity index (χ2n) is 3.98. The molecule has 0 aliphatic heterocycles. The van der Waals surface area contributed by atoms with E-state index in [0.717, 1.165) is 26.3 Å². The fourth-order valence-corrected chi connectivity index (χ4v) is 3.89. The van der Waals surface area contributed by atoms with Crippen LogP contribution < -0.4 is 11.1 Å². The molecule has 0 unspecified atom stereocenters. The van der Waals surface area contributed by atoms with E-state index in [-0.39, 0.29) is 5.91 Å². The number of carbonyl (C=O) groups is 1. The van der Waals surface area contributed by atoms with Gasteiger partial charge in [-0.15, -0.1) is 0 Å². The molecule has 0 fully saturated rings. The van der Waals surface area contributed by atoms with Crippen molar-refractivity contribution < 1.29 is 4.79 Å². The number of halogens is 3. The van der Waals surface area contributed by atoms with Crippen molar-refractivity contribution in [1.29, 1.82) is 0 Å². The summed E-state index contributed by atoms with van der Waals surface area (Å²) in [6, 6.07) is 3.28. The van der Waals surface area contributed by atoms with Crippen LogP contribution in [0.4, 0.5) is 5.69 Å². The second-order valence-corrected chi connectivity index (χ2v) is 6.61. The van der Waals surface area contributed by atoms with E-state index >= 15 is 0 Å². The fraction of sp³-hybridized carbons (Fsp3) is 0.417. The van der Waals surface area contributed by atoms with E-state index in [2.05, 4.69) is 60.0 Å². The summed E-state index contributed by atoms with van der Waals surface area (Å²) in [4.78, 5) is 11.9. The molecule has 1 aromatic carbocycles. The number of benzene rings is 1. The van der Waals surface area contributed by atoms with Gasteiger partial charge in [-0.25, -0.2) is 0 Å². The smallest absolute Gasteiger partial charge is 0.241 e. The quantitative estimate of drug-likeness (QED) is 0.708. The molecule has 3 nitrogen and oxygen atoms in total. The molecule has 0 aliphatic rings. The molecule has 6 heteroatoms. The highest BCUT2D eigenvalue weighted by Gasteiger charge is 2.16. The van der Waals surface area contributed by atoms with Crippen LogP contribution in [-0.2, 0) is 4.79 Å². The van der Waals surface area contributed by atoms with Gasteiger partial charge in [0.2, 0.25) is 5.91 Å². The van der Waals surface area contributed by atoms with Gasteiger partial charge in [0.05, 0.1) is 11.7 Å². The molecule has 0 bridgehead atoms. The molecule has 1 aromatic rings. The summed E-state index contributed by atoms with van der Waals surface area (Å²) >= 11 is 10.2. The monoisotopic (exact) mass is 440 g/mol. The number of amides is 1. The largest absolute Gasteiger partial charge is 0.323 e. The maximum atomic E-state index is 11.9. The first-order valence-corrected chi connectivity index (χ1v) is 8.04. The van der Waals surface area contributed by atoms with E-state index in [1.165, 1.54) is 0 Å². The highest BCUT2D eigenvalue weighted by molar-refractivity contribution is 9.11. The lowest BCUT2D eigenvalue weighted by molar-refractivity contribution is -0.117. The lowest BCUT2D eigenvalue weighted by Gasteiger charge is -2.14. The van der Waals surface area contributed by atoms with Gasteiger partial charge in [-0.3, -0.25) is 4.79 Å². The number of nitrogens with one attached hydrogen (secondary N) is 1. The standard InChI is InChI=1S/C12H15Br3N2O/c1-2-3-4-10(16)12(18)17-11-8(14)5-7(13)6-9(11)15/h5-6,10H,2-4,16H2,1H3,(H,17,18)/t10-/m0/s1. The molecular weight excluding hydrogens is 428 g/mol. The molecule has 0 aliphatic carbocycles. The predicted octanol–water partition coefficient (Wildman–Crippen LogP) is 4.43. The highest BCUT2D eigenvalue weighted by atomic mass is 79.9. The molecular formula is C12H15Br3N2O. The zero-order chi connectivity index (χ0) is 13.7. The number of rotatable bonds is 5. The van der Waals surface area contributed by atoms with Crippen LogP contribution in [0.25, 0.3) is 0 Å². The third-order valence-electron chi connectivity index (χ3n) is 2.46. The molecule has 1 atom stereocenters. The SMILES string of the molecule is CCCC[C@H](N)C(=O)Nc1c(Br)cc(Br)cc1Br. The topological polar surface area (TPSA) is 55.1 Å². The van der Waals surface area contributed by atoms with Crippen molar-refractivity contribution in [2.75, 3.05) is 5.32 Å². The molecule has 0 heterocycles. The molecule has 0 saturated carbocycles. The molecule has 1 amide bonds. The summed E-state index contributed by atoms with van der Waals surface area (Å²) in [6.45, 7) is 2.08. The van der Waals surface area contributed by atoms with Gasteiger partial charge >= 0.3 is 0 Å². The van der Waals surface area contributed by atoms with Crippen LogP contribution in [0.1, 0.15) is 26.2 Å². The molecule has 0 spiro atoms. The van der Waals surface area contributed by atoms with Gasteiger partial charge in [0.15, 0.2) is 0 Å². The first kappa shape index (κ1) is 16.1. The van der Waals surface area contributed by atoms with Crippen molar-refractivity contribution in [2.45, 2.75) is 32.2 Å². The molecule has 100 valence electrons. The Morgan fingerprint density at radius 2 is 1.89 bits per heavy atom. The van der Waals surface area contributed by atoms with Crippen molar-refractivity contribution in [3.63, 3.8) is 0 Å². The fourth-order valence-electron chi connectivity index (χ4n) is 1.43. The van der Waals surface area contributed by atoms with Crippen LogP contribution in [0.2, 0.25) is 0 Å². The molecule has 1 rings (SSSR count). The first-order chi connectivity index (χ1) is 8.45. The van der Waals surface area contributed by atoms with Crippen LogP contribution in [0, 0.1) is 0 Å². The van der Waals surface area contributed by atoms with Crippen LogP contribution in [0.3, 0.4) is 0 Å². The Hall–Kier alpha value is 0.0900. The van der Waals surface area contributed by atoms with Crippen molar-refractivity contribution >= 4 is 59.4 Å². The van der Waals surface area contributed by atoms with E-state index in [1.807, 2.05) is 12.1 Å². The highest BCUT2D eigenvalue weighted by Crippen LogP contribution is 2.34. The Labute approximate surface area is 132 Å². The van der Waals surface area contributed by atoms with E-state index in [0.29, 0.717) is 12.1 Å². The van der Waals surface area contributed by atoms with Gasteiger partial charge in [-0.2, -0.15) is 0 Å². The number of nitrogens with two attached hydrogens (primary N) is 1. The summed E-state index contributed by atoms with van der Waals surface area (Å²) in [7, 11) is 0. The molecule has 0 aromatic heterocycles. The molecule has 18 heavy (non-hydrogen) atoms. The maximum absolute atomic E-state index is 11.9. The van der Waals surface area contributed by atoms with E-state index in [9.17, 15) is 4.79 Å². The van der Waals surface area contributed by atoms with Crippen LogP contribution in [0.5, 0.6) is 0 Å². The maximum Gasteiger partial charge on any atom is 0.241 e. The van der Waals surface area contributed by atoms with Crippen LogP contribution in [-0.4, -0.2) is 11.9 Å². The Balaban J connectivity index is 2.76. The predicted molar refractivity (Wildman–Crippen MR) is 85.7 cm³/mol. The third kappa shape index (κ3) is 4.64. The van der Waals surface area contributed by atoms with Gasteiger partial charge in [0.25, 0.3) is 0 Å². The molecule has 3 N–H and O–H groups in total. The number of carbonyl (C=O) groups excluding carboxylic acids is 1. The van der Waals surface area contributed by atoms with Crippen molar-refractivity contribution in [3.05, 3.63) is 25.6 Å². The van der Waals surface area contributed by atoms with Crippen LogP contribution >= 0.6 is 47.8 Å². The average Bonchev–Trinajstić information content (AvgIpc) is 2.30. The summed E-state index contributed by atoms with van der Waals surface area (Å²) in [6.07, 6.45) is 2.69. The summed E-state index contributed by atoms with van der Waals surface area (Å²) in [5.41, 5.74) is 6.53. The van der Waals surface area contributed by atoms with E-state index < -0.39 is 6.04 Å². The summed E-state index contributed by atoms with van der Waals surface area (Å²) in [5.74, 6) is -0.160. The minimum absolute atomic E-state index is 0.160. The second kappa shape index (κ2) is 7.62. The normalized spacial score (nSPS) is 12.3. The summed E-state index contributed by atoms with van der Waals surface area (Å²) < 4.78 is 2.54. The van der Waals surface area contributed by atoms with Gasteiger partial charge in [-0.1, -0.05) is 35.7 Å². The van der Waals surface area contributed by atoms with Gasteiger partial charge < -0.3 is 11.1 Å². The van der Waals surface area contributed by atoms with Gasteiger partial charge in [-0.05, 0) is 50.4 Å². The van der Waals surface area contributed by atoms with Crippen molar-refractivity contribution in [2.24, 2.45) is 5.73 Å². The third-order valence-corrected chi connectivity index (χ3v) is 4.17. The first-order valence-electron chi connectivity index (χ1n) is 5.66. The van der Waals surface area contributed by atoms with Gasteiger partial charge in [0.1, 0.15) is 0 Å². The zero-order valence-corrected chi connectivity index (χ0v) is 14.7. The summed E-state index contributed by atoms with van der Waals surface area (Å²) in [5, 5.41) is 2.84. The number of hydrogen-bond donors (Lipinski definition) is 2. The van der Waals surface area contributed by atoms with Crippen molar-refractivity contribution in [3.8, 4) is 0 Å². The van der Waals surface area contributed by atoms with Crippen LogP contribution in [0.15, 0.2) is 25.6 Å². The lowest BCUT2D eigenvalue weighted by Crippen LogP contribution is -2.35. The zero-order valence-electron chi connectivity index (χ0n) is 9.97. The minimum atomic E-state index is -0.465. The van der Waals surface area contributed by atoms with Gasteiger partial charge in [0, 0.05) is 13.4 Å². The Kier molecular flexibility index (Phi) is 6.84. The number of anilines is 1. The lowest BCUT2D eigenvalue weighted by atomic mass is 10.1. The Bertz CT molecular complexity index is 414. The number of hydrogen-bond acceptors (Lipinski definition) is 2. The minimum Gasteiger partial charge on any atom is -0.323 e. The van der Waals surface area contributed by atoms with E-state index in [4.69, 9.17) is 5.73 Å². The van der Waals surface area contributed by atoms with Crippen molar-refractivity contribution in [1.82, 2.24) is 0 Å². The average molecular weight is 443 g/mol.